The molecule has 3 atom stereocenters. The van der Waals surface area contributed by atoms with Gasteiger partial charge in [-0.15, -0.1) is 0 Å². The van der Waals surface area contributed by atoms with Crippen LogP contribution in [0, 0.1) is 0 Å². The van der Waals surface area contributed by atoms with Crippen LogP contribution in [0.4, 0.5) is 29.0 Å². The van der Waals surface area contributed by atoms with Crippen molar-refractivity contribution in [1.29, 1.82) is 0 Å². The number of halogens is 2. The van der Waals surface area contributed by atoms with E-state index in [1.165, 1.54) is 62.3 Å². The van der Waals surface area contributed by atoms with E-state index >= 15 is 8.78 Å². The van der Waals surface area contributed by atoms with Gasteiger partial charge < -0.3 is 33.5 Å². The minimum Gasteiger partial charge on any atom is -0.443 e. The van der Waals surface area contributed by atoms with Gasteiger partial charge in [0.25, 0.3) is 0 Å². The van der Waals surface area contributed by atoms with Gasteiger partial charge in [0.15, 0.2) is 5.82 Å². The minimum absolute atomic E-state index is 0.259. The van der Waals surface area contributed by atoms with Gasteiger partial charge in [0.1, 0.15) is 22.9 Å². The topological polar surface area (TPSA) is 202 Å². The molecule has 0 aromatic carbocycles. The Morgan fingerprint density at radius 3 is 1.91 bits per heavy atom. The van der Waals surface area contributed by atoms with Crippen LogP contribution in [0.3, 0.4) is 0 Å². The van der Waals surface area contributed by atoms with Crippen molar-refractivity contribution in [3.8, 4) is 0 Å². The fourth-order valence-electron chi connectivity index (χ4n) is 3.38. The number of phosphoric acid groups is 1. The van der Waals surface area contributed by atoms with Crippen LogP contribution < -0.4 is 10.6 Å². The molecule has 16 nitrogen and oxygen atoms in total. The maximum Gasteiger partial charge on any atom is 0.509 e. The number of alkyl halides is 2. The van der Waals surface area contributed by atoms with Gasteiger partial charge in [-0.3, -0.25) is 9.09 Å². The number of carbonyl (C=O) groups excluding carboxylic acids is 3. The van der Waals surface area contributed by atoms with Gasteiger partial charge in [0.05, 0.1) is 6.61 Å². The number of nitrogens with zero attached hydrogens (tertiary/aromatic N) is 3. The predicted octanol–water partition coefficient (Wildman–Crippen LogP) is 3.88. The number of ether oxygens (including phenoxy) is 5. The summed E-state index contributed by atoms with van der Waals surface area (Å²) in [5.74, 6) is -4.88. The first-order valence-corrected chi connectivity index (χ1v) is 14.2. The zero-order chi connectivity index (χ0) is 33.3. The number of hydrogen-bond donors (Lipinski definition) is 2. The Bertz CT molecular complexity index is 1280. The molecule has 0 aliphatic carbocycles. The molecule has 0 unspecified atom stereocenters. The molecule has 0 spiro atoms. The van der Waals surface area contributed by atoms with Crippen molar-refractivity contribution in [2.24, 2.45) is 0 Å². The summed E-state index contributed by atoms with van der Waals surface area (Å²) in [5, 5.41) is 0. The molecule has 0 radical (unpaired) electrons. The van der Waals surface area contributed by atoms with Gasteiger partial charge in [-0.25, -0.2) is 23.7 Å². The van der Waals surface area contributed by atoms with Gasteiger partial charge in [-0.2, -0.15) is 18.7 Å². The van der Waals surface area contributed by atoms with Crippen LogP contribution in [-0.4, -0.2) is 79.2 Å². The first-order chi connectivity index (χ1) is 19.2. The van der Waals surface area contributed by atoms with E-state index in [2.05, 4.69) is 9.51 Å². The van der Waals surface area contributed by atoms with Crippen LogP contribution in [0.25, 0.3) is 0 Å². The molecular formula is C24H36F2N3O13P. The van der Waals surface area contributed by atoms with Gasteiger partial charge in [0.2, 0.25) is 12.3 Å². The lowest BCUT2D eigenvalue weighted by atomic mass is 10.1. The lowest BCUT2D eigenvalue weighted by Gasteiger charge is -2.28. The molecule has 1 saturated heterocycles. The molecule has 2 rings (SSSR count). The van der Waals surface area contributed by atoms with Gasteiger partial charge in [0, 0.05) is 6.20 Å². The summed E-state index contributed by atoms with van der Waals surface area (Å²) < 4.78 is 72.2. The molecule has 2 amide bonds. The van der Waals surface area contributed by atoms with Gasteiger partial charge >= 0.3 is 37.8 Å². The molecule has 1 aliphatic heterocycles. The summed E-state index contributed by atoms with van der Waals surface area (Å²) in [6, 6.07) is 0.845. The van der Waals surface area contributed by atoms with E-state index in [4.69, 9.17) is 33.5 Å². The van der Waals surface area contributed by atoms with E-state index in [0.717, 1.165) is 6.07 Å². The standard InChI is InChI=1S/C24H36F2N3O13P/c1-21(2,3)40-18(31)29(19(32)41-22(4,5)6)14-10-11-28(17(30)27-14)16-24(25,26)15(39-20(33)42-23(7,8)9)13(38-16)12-37-43(34,35)36/h10-11,13,15-16H,12H2,1-9H3,(H2,34,35,36)/t13-,15+,16-/m1/s1. The fourth-order valence-corrected chi connectivity index (χ4v) is 3.72. The van der Waals surface area contributed by atoms with E-state index in [1.807, 2.05) is 0 Å². The summed E-state index contributed by atoms with van der Waals surface area (Å²) >= 11 is 0. The zero-order valence-electron chi connectivity index (χ0n) is 25.0. The molecule has 0 saturated carbocycles. The smallest absolute Gasteiger partial charge is 0.443 e. The summed E-state index contributed by atoms with van der Waals surface area (Å²) in [5.41, 5.74) is -4.82. The molecule has 2 heterocycles. The zero-order valence-corrected chi connectivity index (χ0v) is 25.9. The Hall–Kier alpha value is -3.18. The summed E-state index contributed by atoms with van der Waals surface area (Å²) in [7, 11) is -5.19. The third kappa shape index (κ3) is 10.5. The largest absolute Gasteiger partial charge is 0.509 e. The van der Waals surface area contributed by atoms with E-state index < -0.39 is 85.4 Å². The fraction of sp³-hybridized carbons (Fsp3) is 0.708. The number of hydrogen-bond acceptors (Lipinski definition) is 12. The Labute approximate surface area is 245 Å². The van der Waals surface area contributed by atoms with E-state index in [9.17, 15) is 23.7 Å². The third-order valence-electron chi connectivity index (χ3n) is 4.82. The monoisotopic (exact) mass is 643 g/mol. The van der Waals surface area contributed by atoms with Crippen LogP contribution in [0.5, 0.6) is 0 Å². The molecule has 43 heavy (non-hydrogen) atoms. The first-order valence-electron chi connectivity index (χ1n) is 12.7. The van der Waals surface area contributed by atoms with Crippen molar-refractivity contribution in [2.45, 2.75) is 103 Å². The van der Waals surface area contributed by atoms with Crippen molar-refractivity contribution < 1.29 is 65.7 Å². The van der Waals surface area contributed by atoms with Crippen LogP contribution in [0.15, 0.2) is 17.1 Å². The Balaban J connectivity index is 2.52. The highest BCUT2D eigenvalue weighted by Crippen LogP contribution is 2.46. The Morgan fingerprint density at radius 2 is 1.49 bits per heavy atom. The van der Waals surface area contributed by atoms with Crippen molar-refractivity contribution in [1.82, 2.24) is 9.55 Å². The molecule has 244 valence electrons. The molecule has 19 heteroatoms. The first kappa shape index (κ1) is 36.0. The average molecular weight is 644 g/mol. The molecule has 2 N–H and O–H groups in total. The number of anilines is 1. The highest BCUT2D eigenvalue weighted by molar-refractivity contribution is 7.46. The average Bonchev–Trinajstić information content (AvgIpc) is 2.98. The summed E-state index contributed by atoms with van der Waals surface area (Å²) in [4.78, 5) is 72.8. The highest BCUT2D eigenvalue weighted by atomic mass is 31.2. The van der Waals surface area contributed by atoms with Crippen molar-refractivity contribution in [3.05, 3.63) is 22.7 Å². The second-order valence-electron chi connectivity index (χ2n) is 12.3. The number of imide groups is 1. The predicted molar refractivity (Wildman–Crippen MR) is 141 cm³/mol. The molecule has 1 fully saturated rings. The lowest BCUT2D eigenvalue weighted by molar-refractivity contribution is -0.149. The highest BCUT2D eigenvalue weighted by Gasteiger charge is 2.63. The number of amides is 2. The summed E-state index contributed by atoms with van der Waals surface area (Å²) in [6.07, 6.45) is -10.5. The second-order valence-corrected chi connectivity index (χ2v) is 13.5. The summed E-state index contributed by atoms with van der Waals surface area (Å²) in [6.45, 7) is 12.1. The van der Waals surface area contributed by atoms with E-state index in [1.54, 1.807) is 0 Å². The maximum absolute atomic E-state index is 15.6. The maximum atomic E-state index is 15.6. The van der Waals surface area contributed by atoms with Crippen LogP contribution >= 0.6 is 7.82 Å². The lowest BCUT2D eigenvalue weighted by Crippen LogP contribution is -2.46. The molecule has 1 aromatic heterocycles. The second kappa shape index (κ2) is 12.4. The SMILES string of the molecule is CC(C)(C)OC(=O)O[C@H]1[C@@H](COP(=O)(O)O)O[C@@H](n2ccc(N(C(=O)OC(C)(C)C)C(=O)OC(C)(C)C)nc2=O)C1(F)F. The Morgan fingerprint density at radius 1 is 1.00 bits per heavy atom. The van der Waals surface area contributed by atoms with Crippen molar-refractivity contribution in [3.63, 3.8) is 0 Å². The van der Waals surface area contributed by atoms with Gasteiger partial charge in [-0.1, -0.05) is 0 Å². The van der Waals surface area contributed by atoms with Crippen molar-refractivity contribution >= 4 is 32.0 Å². The third-order valence-corrected chi connectivity index (χ3v) is 5.30. The molecule has 1 aromatic rings. The minimum atomic E-state index is -5.19. The van der Waals surface area contributed by atoms with Crippen LogP contribution in [0.1, 0.15) is 68.5 Å². The van der Waals surface area contributed by atoms with Crippen LogP contribution in [-0.2, 0) is 32.8 Å². The number of aromatic nitrogens is 2. The van der Waals surface area contributed by atoms with Crippen LogP contribution in [0.2, 0.25) is 0 Å². The normalized spacial score (nSPS) is 20.7. The number of rotatable bonds is 6. The quantitative estimate of drug-likeness (QED) is 0.257. The molecular weight excluding hydrogens is 607 g/mol. The van der Waals surface area contributed by atoms with Gasteiger partial charge in [-0.05, 0) is 68.4 Å². The Kier molecular flexibility index (Phi) is 10.4. The molecule has 0 bridgehead atoms. The van der Waals surface area contributed by atoms with E-state index in [-0.39, 0.29) is 4.57 Å². The van der Waals surface area contributed by atoms with Crippen molar-refractivity contribution in [2.75, 3.05) is 11.5 Å². The number of phosphoric ester groups is 1. The number of carbonyl (C=O) groups is 3. The van der Waals surface area contributed by atoms with E-state index in [0.29, 0.717) is 11.1 Å². The molecule has 1 aliphatic rings.